The maximum absolute atomic E-state index is 13.9. The fourth-order valence-electron chi connectivity index (χ4n) is 2.74. The number of amides is 1. The summed E-state index contributed by atoms with van der Waals surface area (Å²) >= 11 is 0. The van der Waals surface area contributed by atoms with Crippen LogP contribution in [0.2, 0.25) is 0 Å². The first-order valence-electron chi connectivity index (χ1n) is 8.00. The Bertz CT molecular complexity index is 701. The van der Waals surface area contributed by atoms with Gasteiger partial charge < -0.3 is 0 Å². The number of rotatable bonds is 5. The van der Waals surface area contributed by atoms with E-state index in [1.54, 1.807) is 0 Å². The van der Waals surface area contributed by atoms with E-state index in [4.69, 9.17) is 5.14 Å². The Kier molecular flexibility index (Phi) is 5.26. The largest absolute Gasteiger partial charge is 0.272 e. The minimum atomic E-state index is -2.93. The van der Waals surface area contributed by atoms with Crippen LogP contribution in [0.15, 0.2) is 16.5 Å². The van der Waals surface area contributed by atoms with Gasteiger partial charge >= 0.3 is 0 Å². The predicted octanol–water partition coefficient (Wildman–Crippen LogP) is 3.65. The molecule has 1 aromatic carbocycles. The first-order chi connectivity index (χ1) is 10.6. The van der Waals surface area contributed by atoms with E-state index in [0.29, 0.717) is 0 Å². The zero-order valence-corrected chi connectivity index (χ0v) is 15.0. The van der Waals surface area contributed by atoms with Crippen molar-refractivity contribution in [3.05, 3.63) is 34.6 Å². The summed E-state index contributed by atoms with van der Waals surface area (Å²) in [5.74, 6) is -0.626. The molecular formula is C17H25FN2O2S. The third-order valence-electron chi connectivity index (χ3n) is 4.10. The van der Waals surface area contributed by atoms with Crippen molar-refractivity contribution in [2.24, 2.45) is 9.50 Å². The number of hydrogen-bond donors (Lipinski definition) is 1. The highest BCUT2D eigenvalue weighted by atomic mass is 32.2. The summed E-state index contributed by atoms with van der Waals surface area (Å²) in [5.41, 5.74) is 2.38. The molecule has 23 heavy (non-hydrogen) atoms. The quantitative estimate of drug-likeness (QED) is 0.888. The first kappa shape index (κ1) is 18.1. The second kappa shape index (κ2) is 6.69. The van der Waals surface area contributed by atoms with Crippen molar-refractivity contribution in [3.63, 3.8) is 0 Å². The minimum absolute atomic E-state index is 0.0161. The molecular weight excluding hydrogens is 315 g/mol. The Labute approximate surface area is 138 Å². The molecule has 1 amide bonds. The van der Waals surface area contributed by atoms with Crippen LogP contribution >= 0.6 is 0 Å². The van der Waals surface area contributed by atoms with Crippen LogP contribution in [0.3, 0.4) is 0 Å². The second-order valence-electron chi connectivity index (χ2n) is 6.85. The lowest BCUT2D eigenvalue weighted by Gasteiger charge is -2.19. The molecule has 1 aromatic rings. The molecule has 0 spiro atoms. The van der Waals surface area contributed by atoms with Gasteiger partial charge in [0, 0.05) is 0 Å². The van der Waals surface area contributed by atoms with Gasteiger partial charge in [0.1, 0.15) is 15.7 Å². The fourth-order valence-corrected chi connectivity index (χ4v) is 4.08. The number of carbonyl (C=O) groups excluding carboxylic acids is 1. The predicted molar refractivity (Wildman–Crippen MR) is 91.1 cm³/mol. The molecule has 1 saturated carbocycles. The number of nitrogens with two attached hydrogens (primary N) is 1. The summed E-state index contributed by atoms with van der Waals surface area (Å²) in [4.78, 5) is 12.3. The van der Waals surface area contributed by atoms with Gasteiger partial charge in [-0.2, -0.15) is 0 Å². The van der Waals surface area contributed by atoms with Crippen molar-refractivity contribution in [2.45, 2.75) is 64.0 Å². The van der Waals surface area contributed by atoms with Crippen LogP contribution < -0.4 is 5.14 Å². The number of halogens is 1. The lowest BCUT2D eigenvalue weighted by molar-refractivity contribution is -0.117. The van der Waals surface area contributed by atoms with E-state index in [1.165, 1.54) is 12.1 Å². The van der Waals surface area contributed by atoms with Gasteiger partial charge in [-0.25, -0.2) is 13.7 Å². The van der Waals surface area contributed by atoms with Crippen molar-refractivity contribution in [2.75, 3.05) is 0 Å². The lowest BCUT2D eigenvalue weighted by Crippen LogP contribution is -2.20. The minimum Gasteiger partial charge on any atom is -0.272 e. The molecule has 1 aliphatic carbocycles. The standard InChI is InChI=1S/C17H25FN2O2S/c1-10(2)14-7-12(18)8-15(11(3)4)16(14)9-17(21)20-23(19,22)13-5-6-13/h7-8,10-11,13H,5-6,9H2,1-4H3,(H2,19,20,21,22). The van der Waals surface area contributed by atoms with E-state index in [0.717, 1.165) is 29.5 Å². The highest BCUT2D eigenvalue weighted by Gasteiger charge is 2.32. The Morgan fingerprint density at radius 2 is 1.74 bits per heavy atom. The Hall–Kier alpha value is -1.27. The molecule has 0 aromatic heterocycles. The average Bonchev–Trinajstić information content (AvgIpc) is 3.23. The van der Waals surface area contributed by atoms with E-state index >= 15 is 0 Å². The maximum atomic E-state index is 13.9. The van der Waals surface area contributed by atoms with Gasteiger partial charge in [-0.3, -0.25) is 4.79 Å². The molecule has 1 fully saturated rings. The van der Waals surface area contributed by atoms with Gasteiger partial charge in [0.15, 0.2) is 0 Å². The van der Waals surface area contributed by atoms with Gasteiger partial charge in [-0.1, -0.05) is 27.7 Å². The van der Waals surface area contributed by atoms with Crippen molar-refractivity contribution in [1.29, 1.82) is 0 Å². The SMILES string of the molecule is CC(C)c1cc(F)cc(C(C)C)c1CC(=O)N=S(N)(=O)C1CC1. The highest BCUT2D eigenvalue weighted by Crippen LogP contribution is 2.31. The molecule has 128 valence electrons. The molecule has 0 heterocycles. The summed E-state index contributed by atoms with van der Waals surface area (Å²) in [5, 5.41) is 5.52. The molecule has 0 bridgehead atoms. The van der Waals surface area contributed by atoms with Crippen LogP contribution in [-0.2, 0) is 21.1 Å². The first-order valence-corrected chi connectivity index (χ1v) is 9.64. The molecule has 4 nitrogen and oxygen atoms in total. The van der Waals surface area contributed by atoms with Crippen LogP contribution in [0.4, 0.5) is 4.39 Å². The zero-order chi connectivity index (χ0) is 17.4. The normalized spacial score (nSPS) is 17.4. The Morgan fingerprint density at radius 3 is 2.13 bits per heavy atom. The molecule has 0 aliphatic heterocycles. The smallest absolute Gasteiger partial charge is 0.259 e. The van der Waals surface area contributed by atoms with Crippen LogP contribution in [0.5, 0.6) is 0 Å². The van der Waals surface area contributed by atoms with Crippen molar-refractivity contribution in [1.82, 2.24) is 0 Å². The third kappa shape index (κ3) is 4.38. The highest BCUT2D eigenvalue weighted by molar-refractivity contribution is 7.92. The summed E-state index contributed by atoms with van der Waals surface area (Å²) in [7, 11) is -2.93. The topological polar surface area (TPSA) is 72.5 Å². The monoisotopic (exact) mass is 340 g/mol. The van der Waals surface area contributed by atoms with E-state index in [9.17, 15) is 13.4 Å². The molecule has 2 N–H and O–H groups in total. The van der Waals surface area contributed by atoms with E-state index in [2.05, 4.69) is 4.36 Å². The Morgan fingerprint density at radius 1 is 1.26 bits per heavy atom. The summed E-state index contributed by atoms with van der Waals surface area (Å²) < 4.78 is 29.8. The molecule has 2 rings (SSSR count). The van der Waals surface area contributed by atoms with Gasteiger partial charge in [-0.05, 0) is 53.5 Å². The zero-order valence-electron chi connectivity index (χ0n) is 14.1. The van der Waals surface area contributed by atoms with Gasteiger partial charge in [0.25, 0.3) is 5.91 Å². The molecule has 1 unspecified atom stereocenters. The van der Waals surface area contributed by atoms with Crippen LogP contribution in [0.25, 0.3) is 0 Å². The summed E-state index contributed by atoms with van der Waals surface area (Å²) in [6, 6.07) is 2.94. The molecule has 0 saturated heterocycles. The van der Waals surface area contributed by atoms with Crippen molar-refractivity contribution >= 4 is 15.8 Å². The van der Waals surface area contributed by atoms with E-state index < -0.39 is 15.8 Å². The van der Waals surface area contributed by atoms with Crippen LogP contribution in [0, 0.1) is 5.82 Å². The molecule has 1 aliphatic rings. The number of nitrogens with zero attached hydrogens (tertiary/aromatic N) is 1. The summed E-state index contributed by atoms with van der Waals surface area (Å²) in [6.45, 7) is 7.83. The van der Waals surface area contributed by atoms with Gasteiger partial charge in [0.05, 0.1) is 11.7 Å². The molecule has 6 heteroatoms. The van der Waals surface area contributed by atoms with Crippen LogP contribution in [0.1, 0.15) is 69.1 Å². The molecule has 1 atom stereocenters. The van der Waals surface area contributed by atoms with Gasteiger partial charge in [0.2, 0.25) is 0 Å². The Balaban J connectivity index is 2.41. The number of hydrogen-bond acceptors (Lipinski definition) is 2. The third-order valence-corrected chi connectivity index (χ3v) is 6.02. The molecule has 0 radical (unpaired) electrons. The van der Waals surface area contributed by atoms with Crippen molar-refractivity contribution < 1.29 is 13.4 Å². The number of carbonyl (C=O) groups is 1. The average molecular weight is 340 g/mol. The van der Waals surface area contributed by atoms with Crippen LogP contribution in [-0.4, -0.2) is 15.4 Å². The maximum Gasteiger partial charge on any atom is 0.259 e. The second-order valence-corrected chi connectivity index (χ2v) is 8.92. The van der Waals surface area contributed by atoms with E-state index in [-0.39, 0.29) is 29.3 Å². The van der Waals surface area contributed by atoms with Gasteiger partial charge in [-0.15, -0.1) is 4.36 Å². The van der Waals surface area contributed by atoms with Crippen molar-refractivity contribution in [3.8, 4) is 0 Å². The number of benzene rings is 1. The fraction of sp³-hybridized carbons (Fsp3) is 0.588. The summed E-state index contributed by atoms with van der Waals surface area (Å²) in [6.07, 6.45) is 1.54. The lowest BCUT2D eigenvalue weighted by atomic mass is 9.87. The van der Waals surface area contributed by atoms with E-state index in [1.807, 2.05) is 27.7 Å².